The number of rotatable bonds is 5. The molecule has 19 heavy (non-hydrogen) atoms. The molecule has 3 nitrogen and oxygen atoms in total. The van der Waals surface area contributed by atoms with Crippen LogP contribution < -0.4 is 10.1 Å². The summed E-state index contributed by atoms with van der Waals surface area (Å²) in [5.41, 5.74) is 1.19. The minimum Gasteiger partial charge on any atom is -0.496 e. The monoisotopic (exact) mass is 327 g/mol. The SMILES string of the molecule is COc1ccc(Br)cc1CNC(C)C1CCOCC1. The number of nitrogens with one attached hydrogen (secondary N) is 1. The van der Waals surface area contributed by atoms with Crippen LogP contribution in [0.25, 0.3) is 0 Å². The van der Waals surface area contributed by atoms with Crippen molar-refractivity contribution in [3.8, 4) is 5.75 Å². The Morgan fingerprint density at radius 1 is 1.42 bits per heavy atom. The lowest BCUT2D eigenvalue weighted by Crippen LogP contribution is -2.36. The fraction of sp³-hybridized carbons (Fsp3) is 0.600. The molecule has 0 spiro atoms. The first-order valence-electron chi connectivity index (χ1n) is 6.84. The molecular weight excluding hydrogens is 306 g/mol. The van der Waals surface area contributed by atoms with Crippen molar-refractivity contribution in [1.29, 1.82) is 0 Å². The molecule has 0 radical (unpaired) electrons. The molecule has 1 aliphatic heterocycles. The van der Waals surface area contributed by atoms with Gasteiger partial charge in [0.2, 0.25) is 0 Å². The molecule has 1 aromatic rings. The van der Waals surface area contributed by atoms with Crippen molar-refractivity contribution in [3.05, 3.63) is 28.2 Å². The van der Waals surface area contributed by atoms with Gasteiger partial charge in [-0.15, -0.1) is 0 Å². The van der Waals surface area contributed by atoms with Gasteiger partial charge in [0, 0.05) is 35.8 Å². The molecule has 1 aromatic carbocycles. The van der Waals surface area contributed by atoms with E-state index in [1.165, 1.54) is 5.56 Å². The van der Waals surface area contributed by atoms with Gasteiger partial charge in [0.05, 0.1) is 7.11 Å². The summed E-state index contributed by atoms with van der Waals surface area (Å²) < 4.78 is 11.9. The van der Waals surface area contributed by atoms with Crippen molar-refractivity contribution in [2.75, 3.05) is 20.3 Å². The van der Waals surface area contributed by atoms with Crippen molar-refractivity contribution in [2.24, 2.45) is 5.92 Å². The molecule has 106 valence electrons. The van der Waals surface area contributed by atoms with Crippen LogP contribution in [-0.4, -0.2) is 26.4 Å². The molecule has 0 bridgehead atoms. The molecule has 0 aromatic heterocycles. The average Bonchev–Trinajstić information content (AvgIpc) is 2.46. The van der Waals surface area contributed by atoms with Crippen LogP contribution in [0.1, 0.15) is 25.3 Å². The van der Waals surface area contributed by atoms with Crippen LogP contribution in [0.2, 0.25) is 0 Å². The zero-order chi connectivity index (χ0) is 13.7. The first-order chi connectivity index (χ1) is 9.20. The Labute approximate surface area is 123 Å². The van der Waals surface area contributed by atoms with E-state index in [0.29, 0.717) is 12.0 Å². The van der Waals surface area contributed by atoms with E-state index in [4.69, 9.17) is 9.47 Å². The third kappa shape index (κ3) is 4.20. The van der Waals surface area contributed by atoms with Crippen LogP contribution in [0.15, 0.2) is 22.7 Å². The second-order valence-corrected chi connectivity index (χ2v) is 5.99. The molecule has 4 heteroatoms. The van der Waals surface area contributed by atoms with Crippen LogP contribution in [0.3, 0.4) is 0 Å². The Morgan fingerprint density at radius 2 is 2.16 bits per heavy atom. The predicted molar refractivity (Wildman–Crippen MR) is 80.5 cm³/mol. The standard InChI is InChI=1S/C15H22BrNO2/c1-11(12-5-7-19-8-6-12)17-10-13-9-14(16)3-4-15(13)18-2/h3-4,9,11-12,17H,5-8,10H2,1-2H3. The molecule has 1 aliphatic rings. The van der Waals surface area contributed by atoms with E-state index in [1.807, 2.05) is 12.1 Å². The van der Waals surface area contributed by atoms with E-state index in [0.717, 1.165) is 42.8 Å². The maximum Gasteiger partial charge on any atom is 0.123 e. The van der Waals surface area contributed by atoms with Gasteiger partial charge < -0.3 is 14.8 Å². The van der Waals surface area contributed by atoms with Crippen LogP contribution in [0.5, 0.6) is 5.75 Å². The molecule has 1 fully saturated rings. The minimum absolute atomic E-state index is 0.507. The summed E-state index contributed by atoms with van der Waals surface area (Å²) in [6.07, 6.45) is 2.31. The Bertz CT molecular complexity index is 405. The van der Waals surface area contributed by atoms with Crippen molar-refractivity contribution in [1.82, 2.24) is 5.32 Å². The van der Waals surface area contributed by atoms with Gasteiger partial charge in [-0.3, -0.25) is 0 Å². The Kier molecular flexibility index (Phi) is 5.67. The molecule has 1 N–H and O–H groups in total. The molecule has 1 saturated heterocycles. The maximum atomic E-state index is 5.41. The topological polar surface area (TPSA) is 30.5 Å². The summed E-state index contributed by atoms with van der Waals surface area (Å²) in [4.78, 5) is 0. The minimum atomic E-state index is 0.507. The van der Waals surface area contributed by atoms with Gasteiger partial charge in [-0.1, -0.05) is 15.9 Å². The van der Waals surface area contributed by atoms with Crippen molar-refractivity contribution in [2.45, 2.75) is 32.4 Å². The molecular formula is C15H22BrNO2. The van der Waals surface area contributed by atoms with Gasteiger partial charge in [0.1, 0.15) is 5.75 Å². The van der Waals surface area contributed by atoms with Crippen LogP contribution in [0, 0.1) is 5.92 Å². The smallest absolute Gasteiger partial charge is 0.123 e. The zero-order valence-electron chi connectivity index (χ0n) is 11.6. The van der Waals surface area contributed by atoms with Crippen LogP contribution >= 0.6 is 15.9 Å². The van der Waals surface area contributed by atoms with E-state index < -0.39 is 0 Å². The molecule has 0 amide bonds. The van der Waals surface area contributed by atoms with Crippen molar-refractivity contribution >= 4 is 15.9 Å². The van der Waals surface area contributed by atoms with Gasteiger partial charge in [-0.25, -0.2) is 0 Å². The maximum absolute atomic E-state index is 5.41. The van der Waals surface area contributed by atoms with Crippen LogP contribution in [-0.2, 0) is 11.3 Å². The van der Waals surface area contributed by atoms with Crippen molar-refractivity contribution < 1.29 is 9.47 Å². The third-order valence-corrected chi connectivity index (χ3v) is 4.32. The second kappa shape index (κ2) is 7.27. The summed E-state index contributed by atoms with van der Waals surface area (Å²) in [6.45, 7) is 4.90. The lowest BCUT2D eigenvalue weighted by atomic mass is 9.93. The first-order valence-corrected chi connectivity index (χ1v) is 7.63. The van der Waals surface area contributed by atoms with Crippen LogP contribution in [0.4, 0.5) is 0 Å². The molecule has 0 aliphatic carbocycles. The summed E-state index contributed by atoms with van der Waals surface area (Å²) in [6, 6.07) is 6.63. The summed E-state index contributed by atoms with van der Waals surface area (Å²) in [5, 5.41) is 3.61. The van der Waals surface area contributed by atoms with E-state index in [2.05, 4.69) is 34.2 Å². The Morgan fingerprint density at radius 3 is 2.84 bits per heavy atom. The summed E-state index contributed by atoms with van der Waals surface area (Å²) in [7, 11) is 1.72. The molecule has 1 heterocycles. The van der Waals surface area contributed by atoms with Gasteiger partial charge in [0.15, 0.2) is 0 Å². The van der Waals surface area contributed by atoms with Gasteiger partial charge in [0.25, 0.3) is 0 Å². The fourth-order valence-electron chi connectivity index (χ4n) is 2.54. The first kappa shape index (κ1) is 14.8. The van der Waals surface area contributed by atoms with E-state index in [1.54, 1.807) is 7.11 Å². The molecule has 0 saturated carbocycles. The summed E-state index contributed by atoms with van der Waals surface area (Å²) >= 11 is 3.51. The highest BCUT2D eigenvalue weighted by molar-refractivity contribution is 9.10. The average molecular weight is 328 g/mol. The molecule has 2 rings (SSSR count). The van der Waals surface area contributed by atoms with Gasteiger partial charge in [-0.2, -0.15) is 0 Å². The van der Waals surface area contributed by atoms with Gasteiger partial charge >= 0.3 is 0 Å². The Hall–Kier alpha value is -0.580. The molecule has 1 atom stereocenters. The fourth-order valence-corrected chi connectivity index (χ4v) is 2.95. The third-order valence-electron chi connectivity index (χ3n) is 3.83. The predicted octanol–water partition coefficient (Wildman–Crippen LogP) is 3.36. The zero-order valence-corrected chi connectivity index (χ0v) is 13.2. The molecule has 1 unspecified atom stereocenters. The quantitative estimate of drug-likeness (QED) is 0.899. The number of benzene rings is 1. The number of methoxy groups -OCH3 is 1. The number of ether oxygens (including phenoxy) is 2. The Balaban J connectivity index is 1.92. The van der Waals surface area contributed by atoms with E-state index in [9.17, 15) is 0 Å². The van der Waals surface area contributed by atoms with E-state index in [-0.39, 0.29) is 0 Å². The summed E-state index contributed by atoms with van der Waals surface area (Å²) in [5.74, 6) is 1.65. The number of hydrogen-bond donors (Lipinski definition) is 1. The highest BCUT2D eigenvalue weighted by atomic mass is 79.9. The number of halogens is 1. The highest BCUT2D eigenvalue weighted by Crippen LogP contribution is 2.24. The lowest BCUT2D eigenvalue weighted by Gasteiger charge is -2.28. The van der Waals surface area contributed by atoms with Crippen molar-refractivity contribution in [3.63, 3.8) is 0 Å². The second-order valence-electron chi connectivity index (χ2n) is 5.08. The van der Waals surface area contributed by atoms with E-state index >= 15 is 0 Å². The highest BCUT2D eigenvalue weighted by Gasteiger charge is 2.20. The normalized spacial score (nSPS) is 18.3. The largest absolute Gasteiger partial charge is 0.496 e. The lowest BCUT2D eigenvalue weighted by molar-refractivity contribution is 0.0557. The number of hydrogen-bond acceptors (Lipinski definition) is 3. The van der Waals surface area contributed by atoms with Gasteiger partial charge in [-0.05, 0) is 43.9 Å².